The third kappa shape index (κ3) is 5.78. The molecule has 162 valence electrons. The third-order valence-electron chi connectivity index (χ3n) is 5.06. The summed E-state index contributed by atoms with van der Waals surface area (Å²) in [6.07, 6.45) is 0.357. The molecule has 1 saturated heterocycles. The van der Waals surface area contributed by atoms with Crippen LogP contribution in [0, 0.1) is 5.82 Å². The van der Waals surface area contributed by atoms with Gasteiger partial charge in [0.15, 0.2) is 0 Å². The lowest BCUT2D eigenvalue weighted by molar-refractivity contribution is -0.115. The van der Waals surface area contributed by atoms with E-state index >= 15 is 0 Å². The quantitative estimate of drug-likeness (QED) is 0.666. The number of halogens is 1. The predicted molar refractivity (Wildman–Crippen MR) is 116 cm³/mol. The van der Waals surface area contributed by atoms with Gasteiger partial charge in [0.2, 0.25) is 15.9 Å². The SMILES string of the molecule is CCC(=O)Nc1ccc(S(=O)(=O)NCCN2CCN(c3ccccc3F)CC2)cc1. The number of piperazine rings is 1. The Morgan fingerprint density at radius 1 is 1.03 bits per heavy atom. The first-order valence-corrected chi connectivity index (χ1v) is 11.5. The van der Waals surface area contributed by atoms with E-state index < -0.39 is 10.0 Å². The fourth-order valence-electron chi connectivity index (χ4n) is 3.31. The van der Waals surface area contributed by atoms with Crippen LogP contribution in [0.25, 0.3) is 0 Å². The minimum Gasteiger partial charge on any atom is -0.367 e. The molecule has 0 aliphatic carbocycles. The summed E-state index contributed by atoms with van der Waals surface area (Å²) < 4.78 is 41.5. The van der Waals surface area contributed by atoms with Gasteiger partial charge < -0.3 is 10.2 Å². The summed E-state index contributed by atoms with van der Waals surface area (Å²) in [4.78, 5) is 15.7. The smallest absolute Gasteiger partial charge is 0.240 e. The number of nitrogens with one attached hydrogen (secondary N) is 2. The largest absolute Gasteiger partial charge is 0.367 e. The van der Waals surface area contributed by atoms with Crippen LogP contribution >= 0.6 is 0 Å². The Labute approximate surface area is 176 Å². The van der Waals surface area contributed by atoms with E-state index in [1.807, 2.05) is 11.0 Å². The molecule has 0 bridgehead atoms. The number of hydrogen-bond acceptors (Lipinski definition) is 5. The number of nitrogens with zero attached hydrogens (tertiary/aromatic N) is 2. The average Bonchev–Trinajstić information content (AvgIpc) is 2.75. The molecule has 7 nitrogen and oxygen atoms in total. The average molecular weight is 435 g/mol. The van der Waals surface area contributed by atoms with Crippen molar-refractivity contribution in [2.24, 2.45) is 0 Å². The van der Waals surface area contributed by atoms with Gasteiger partial charge in [-0.25, -0.2) is 17.5 Å². The second-order valence-corrected chi connectivity index (χ2v) is 8.87. The van der Waals surface area contributed by atoms with Gasteiger partial charge in [0, 0.05) is 51.4 Å². The number of carbonyl (C=O) groups is 1. The van der Waals surface area contributed by atoms with Crippen molar-refractivity contribution in [1.29, 1.82) is 0 Å². The lowest BCUT2D eigenvalue weighted by Gasteiger charge is -2.36. The van der Waals surface area contributed by atoms with Crippen molar-refractivity contribution in [2.75, 3.05) is 49.5 Å². The van der Waals surface area contributed by atoms with E-state index in [0.29, 0.717) is 37.4 Å². The molecule has 0 saturated carbocycles. The molecular weight excluding hydrogens is 407 g/mol. The fraction of sp³-hybridized carbons (Fsp3) is 0.381. The maximum absolute atomic E-state index is 13.9. The highest BCUT2D eigenvalue weighted by Gasteiger charge is 2.20. The van der Waals surface area contributed by atoms with Crippen molar-refractivity contribution < 1.29 is 17.6 Å². The zero-order chi connectivity index (χ0) is 21.6. The number of para-hydroxylation sites is 1. The maximum Gasteiger partial charge on any atom is 0.240 e. The maximum atomic E-state index is 13.9. The lowest BCUT2D eigenvalue weighted by Crippen LogP contribution is -2.48. The van der Waals surface area contributed by atoms with Crippen LogP contribution in [0.15, 0.2) is 53.4 Å². The van der Waals surface area contributed by atoms with Gasteiger partial charge in [-0.3, -0.25) is 9.69 Å². The number of amides is 1. The molecule has 0 spiro atoms. The van der Waals surface area contributed by atoms with Crippen molar-refractivity contribution in [3.8, 4) is 0 Å². The molecule has 1 heterocycles. The molecule has 0 radical (unpaired) electrons. The molecule has 30 heavy (non-hydrogen) atoms. The topological polar surface area (TPSA) is 81.7 Å². The third-order valence-corrected chi connectivity index (χ3v) is 6.53. The molecule has 2 N–H and O–H groups in total. The van der Waals surface area contributed by atoms with E-state index in [4.69, 9.17) is 0 Å². The molecule has 1 aliphatic heterocycles. The van der Waals surface area contributed by atoms with Crippen molar-refractivity contribution in [3.63, 3.8) is 0 Å². The monoisotopic (exact) mass is 434 g/mol. The van der Waals surface area contributed by atoms with Crippen molar-refractivity contribution >= 4 is 27.3 Å². The van der Waals surface area contributed by atoms with Crippen LogP contribution in [0.3, 0.4) is 0 Å². The van der Waals surface area contributed by atoms with Gasteiger partial charge in [-0.1, -0.05) is 19.1 Å². The molecule has 1 fully saturated rings. The summed E-state index contributed by atoms with van der Waals surface area (Å²) in [6, 6.07) is 12.8. The van der Waals surface area contributed by atoms with Crippen molar-refractivity contribution in [2.45, 2.75) is 18.2 Å². The first-order valence-electron chi connectivity index (χ1n) is 10.0. The number of anilines is 2. The summed E-state index contributed by atoms with van der Waals surface area (Å²) >= 11 is 0. The van der Waals surface area contributed by atoms with Crippen LogP contribution in [0.5, 0.6) is 0 Å². The zero-order valence-corrected chi connectivity index (χ0v) is 17.8. The first kappa shape index (κ1) is 22.2. The van der Waals surface area contributed by atoms with E-state index in [-0.39, 0.29) is 23.2 Å². The summed E-state index contributed by atoms with van der Waals surface area (Å²) in [5.41, 5.74) is 1.17. The predicted octanol–water partition coefficient (Wildman–Crippen LogP) is 2.27. The molecule has 2 aromatic rings. The van der Waals surface area contributed by atoms with E-state index in [2.05, 4.69) is 14.9 Å². The van der Waals surface area contributed by atoms with E-state index in [0.717, 1.165) is 13.1 Å². The van der Waals surface area contributed by atoms with Gasteiger partial charge in [0.05, 0.1) is 10.6 Å². The molecule has 9 heteroatoms. The summed E-state index contributed by atoms with van der Waals surface area (Å²) in [5.74, 6) is -0.349. The van der Waals surface area contributed by atoms with Gasteiger partial charge >= 0.3 is 0 Å². The highest BCUT2D eigenvalue weighted by Crippen LogP contribution is 2.20. The Kier molecular flexibility index (Phi) is 7.41. The Balaban J connectivity index is 1.46. The molecular formula is C21H27FN4O3S. The van der Waals surface area contributed by atoms with Crippen LogP contribution in [0.1, 0.15) is 13.3 Å². The molecule has 1 aliphatic rings. The van der Waals surface area contributed by atoms with Gasteiger partial charge in [-0.15, -0.1) is 0 Å². The van der Waals surface area contributed by atoms with Gasteiger partial charge in [-0.2, -0.15) is 0 Å². The highest BCUT2D eigenvalue weighted by atomic mass is 32.2. The van der Waals surface area contributed by atoms with Crippen LogP contribution in [-0.4, -0.2) is 58.5 Å². The minimum absolute atomic E-state index is 0.126. The summed E-state index contributed by atoms with van der Waals surface area (Å²) in [5, 5.41) is 2.69. The first-order chi connectivity index (χ1) is 14.4. The second kappa shape index (κ2) is 10.0. The fourth-order valence-corrected chi connectivity index (χ4v) is 4.33. The van der Waals surface area contributed by atoms with E-state index in [1.54, 1.807) is 31.2 Å². The molecule has 1 amide bonds. The Bertz CT molecular complexity index is 958. The number of carbonyl (C=O) groups excluding carboxylic acids is 1. The molecule has 0 atom stereocenters. The van der Waals surface area contributed by atoms with Crippen LogP contribution in [0.2, 0.25) is 0 Å². The number of rotatable bonds is 8. The van der Waals surface area contributed by atoms with Crippen LogP contribution in [0.4, 0.5) is 15.8 Å². The lowest BCUT2D eigenvalue weighted by atomic mass is 10.2. The minimum atomic E-state index is -3.62. The summed E-state index contributed by atoms with van der Waals surface area (Å²) in [6.45, 7) is 5.48. The number of sulfonamides is 1. The molecule has 3 rings (SSSR count). The van der Waals surface area contributed by atoms with E-state index in [9.17, 15) is 17.6 Å². The number of hydrogen-bond donors (Lipinski definition) is 2. The van der Waals surface area contributed by atoms with Crippen LogP contribution in [-0.2, 0) is 14.8 Å². The molecule has 0 unspecified atom stereocenters. The van der Waals surface area contributed by atoms with Gasteiger partial charge in [-0.05, 0) is 36.4 Å². The standard InChI is InChI=1S/C21H27FN4O3S/c1-2-21(27)24-17-7-9-18(10-8-17)30(28,29)23-11-12-25-13-15-26(16-14-25)20-6-4-3-5-19(20)22/h3-10,23H,2,11-16H2,1H3,(H,24,27). The Hall–Kier alpha value is -2.49. The van der Waals surface area contributed by atoms with Crippen molar-refractivity contribution in [1.82, 2.24) is 9.62 Å². The van der Waals surface area contributed by atoms with Crippen LogP contribution < -0.4 is 14.9 Å². The van der Waals surface area contributed by atoms with Gasteiger partial charge in [0.25, 0.3) is 0 Å². The second-order valence-electron chi connectivity index (χ2n) is 7.10. The van der Waals surface area contributed by atoms with Crippen molar-refractivity contribution in [3.05, 3.63) is 54.3 Å². The zero-order valence-electron chi connectivity index (χ0n) is 17.0. The Morgan fingerprint density at radius 3 is 2.33 bits per heavy atom. The molecule has 2 aromatic carbocycles. The number of benzene rings is 2. The Morgan fingerprint density at radius 2 is 1.70 bits per heavy atom. The summed E-state index contributed by atoms with van der Waals surface area (Å²) in [7, 11) is -3.62. The van der Waals surface area contributed by atoms with Gasteiger partial charge in [0.1, 0.15) is 5.82 Å². The van der Waals surface area contributed by atoms with E-state index in [1.165, 1.54) is 18.2 Å². The highest BCUT2D eigenvalue weighted by molar-refractivity contribution is 7.89. The molecule has 0 aromatic heterocycles. The normalized spacial score (nSPS) is 15.2.